The summed E-state index contributed by atoms with van der Waals surface area (Å²) in [7, 11) is 0. The fourth-order valence-electron chi connectivity index (χ4n) is 0.736. The van der Waals surface area contributed by atoms with Crippen LogP contribution in [0.3, 0.4) is 0 Å². The van der Waals surface area contributed by atoms with Crippen LogP contribution in [0.15, 0.2) is 6.33 Å². The second kappa shape index (κ2) is 3.50. The molecule has 0 aliphatic heterocycles. The van der Waals surface area contributed by atoms with Crippen molar-refractivity contribution in [2.24, 2.45) is 5.73 Å². The predicted octanol–water partition coefficient (Wildman–Crippen LogP) is -1.75. The maximum Gasteiger partial charge on any atom is 0.288 e. The highest BCUT2D eigenvalue weighted by Crippen LogP contribution is 2.04. The number of amides is 1. The number of rotatable bonds is 3. The van der Waals surface area contributed by atoms with Crippen molar-refractivity contribution in [3.8, 4) is 0 Å². The summed E-state index contributed by atoms with van der Waals surface area (Å²) in [6, 6.07) is 0. The molecule has 0 saturated carbocycles. The quantitative estimate of drug-likeness (QED) is 0.517. The van der Waals surface area contributed by atoms with Gasteiger partial charge in [-0.1, -0.05) is 0 Å². The normalized spacial score (nSPS) is 15.3. The Morgan fingerprint density at radius 2 is 2.31 bits per heavy atom. The molecule has 0 aliphatic carbocycles. The molecule has 0 aliphatic rings. The van der Waals surface area contributed by atoms with Crippen LogP contribution in [0.5, 0.6) is 0 Å². The summed E-state index contributed by atoms with van der Waals surface area (Å²) in [5, 5.41) is 21.8. The lowest BCUT2D eigenvalue weighted by atomic mass is 10.4. The highest BCUT2D eigenvalue weighted by atomic mass is 16.3. The van der Waals surface area contributed by atoms with E-state index in [1.807, 2.05) is 0 Å². The molecule has 0 bridgehead atoms. The third kappa shape index (κ3) is 2.01. The molecule has 72 valence electrons. The van der Waals surface area contributed by atoms with Gasteiger partial charge in [0.25, 0.3) is 5.91 Å². The predicted molar refractivity (Wildman–Crippen MR) is 41.5 cm³/mol. The summed E-state index contributed by atoms with van der Waals surface area (Å²) in [4.78, 5) is 14.1. The van der Waals surface area contributed by atoms with Crippen LogP contribution in [0.1, 0.15) is 23.8 Å². The van der Waals surface area contributed by atoms with Gasteiger partial charge in [-0.2, -0.15) is 0 Å². The second-order valence-corrected chi connectivity index (χ2v) is 2.57. The van der Waals surface area contributed by atoms with Gasteiger partial charge in [-0.15, -0.1) is 5.10 Å². The van der Waals surface area contributed by atoms with Crippen LogP contribution >= 0.6 is 0 Å². The van der Waals surface area contributed by atoms with E-state index >= 15 is 0 Å². The summed E-state index contributed by atoms with van der Waals surface area (Å²) in [5.41, 5.74) is 4.88. The van der Waals surface area contributed by atoms with E-state index in [0.717, 1.165) is 11.0 Å². The molecule has 1 unspecified atom stereocenters. The molecule has 1 aromatic heterocycles. The van der Waals surface area contributed by atoms with Gasteiger partial charge in [0, 0.05) is 0 Å². The van der Waals surface area contributed by atoms with Crippen LogP contribution in [0.2, 0.25) is 0 Å². The monoisotopic (exact) mass is 186 g/mol. The van der Waals surface area contributed by atoms with Gasteiger partial charge in [-0.05, 0) is 6.92 Å². The Kier molecular flexibility index (Phi) is 2.59. The van der Waals surface area contributed by atoms with Gasteiger partial charge >= 0.3 is 0 Å². The molecule has 1 heterocycles. The Morgan fingerprint density at radius 1 is 1.69 bits per heavy atom. The topological polar surface area (TPSA) is 114 Å². The van der Waals surface area contributed by atoms with Gasteiger partial charge in [-0.3, -0.25) is 4.79 Å². The molecule has 1 rings (SSSR count). The molecule has 13 heavy (non-hydrogen) atoms. The van der Waals surface area contributed by atoms with Crippen molar-refractivity contribution in [3.05, 3.63) is 12.2 Å². The maximum atomic E-state index is 10.5. The van der Waals surface area contributed by atoms with E-state index in [2.05, 4.69) is 10.1 Å². The van der Waals surface area contributed by atoms with E-state index < -0.39 is 18.2 Å². The van der Waals surface area contributed by atoms with Crippen LogP contribution in [0.25, 0.3) is 0 Å². The van der Waals surface area contributed by atoms with Crippen molar-refractivity contribution in [2.45, 2.75) is 19.3 Å². The first-order chi connectivity index (χ1) is 6.02. The molecular weight excluding hydrogens is 176 g/mol. The fourth-order valence-corrected chi connectivity index (χ4v) is 0.736. The summed E-state index contributed by atoms with van der Waals surface area (Å²) in [6.07, 6.45) is -1.10. The van der Waals surface area contributed by atoms with Gasteiger partial charge < -0.3 is 15.9 Å². The SMILES string of the molecule is CC(O)[C@H](O)n1cnc(C(N)=O)n1. The molecule has 7 nitrogen and oxygen atoms in total. The lowest BCUT2D eigenvalue weighted by molar-refractivity contribution is -0.0260. The van der Waals surface area contributed by atoms with E-state index in [-0.39, 0.29) is 5.82 Å². The lowest BCUT2D eigenvalue weighted by Crippen LogP contribution is -2.22. The van der Waals surface area contributed by atoms with Crippen molar-refractivity contribution in [2.75, 3.05) is 0 Å². The minimum atomic E-state index is -1.22. The lowest BCUT2D eigenvalue weighted by Gasteiger charge is -2.12. The van der Waals surface area contributed by atoms with Crippen molar-refractivity contribution >= 4 is 5.91 Å². The van der Waals surface area contributed by atoms with E-state index in [1.165, 1.54) is 6.92 Å². The zero-order valence-corrected chi connectivity index (χ0v) is 6.95. The first-order valence-corrected chi connectivity index (χ1v) is 3.59. The van der Waals surface area contributed by atoms with Crippen molar-refractivity contribution < 1.29 is 15.0 Å². The Balaban J connectivity index is 2.85. The van der Waals surface area contributed by atoms with E-state index in [0.29, 0.717) is 0 Å². The number of hydrogen-bond donors (Lipinski definition) is 3. The molecule has 2 atom stereocenters. The fraction of sp³-hybridized carbons (Fsp3) is 0.500. The average Bonchev–Trinajstić information content (AvgIpc) is 2.50. The van der Waals surface area contributed by atoms with Gasteiger partial charge in [0.1, 0.15) is 6.33 Å². The summed E-state index contributed by atoms with van der Waals surface area (Å²) in [6.45, 7) is 1.39. The number of aromatic nitrogens is 3. The first-order valence-electron chi connectivity index (χ1n) is 3.59. The zero-order valence-electron chi connectivity index (χ0n) is 6.95. The number of carbonyl (C=O) groups excluding carboxylic acids is 1. The number of aliphatic hydroxyl groups excluding tert-OH is 2. The number of nitrogens with zero attached hydrogens (tertiary/aromatic N) is 3. The smallest absolute Gasteiger partial charge is 0.288 e. The number of carbonyl (C=O) groups is 1. The Labute approximate surface area is 73.8 Å². The maximum absolute atomic E-state index is 10.5. The molecule has 0 saturated heterocycles. The Hall–Kier alpha value is -1.47. The van der Waals surface area contributed by atoms with E-state index in [9.17, 15) is 9.90 Å². The number of primary amides is 1. The largest absolute Gasteiger partial charge is 0.389 e. The molecular formula is C6H10N4O3. The Bertz CT molecular complexity index is 309. The third-order valence-corrected chi connectivity index (χ3v) is 1.43. The molecule has 0 spiro atoms. The van der Waals surface area contributed by atoms with Crippen LogP contribution < -0.4 is 5.73 Å². The highest BCUT2D eigenvalue weighted by molar-refractivity contribution is 5.88. The number of hydrogen-bond acceptors (Lipinski definition) is 5. The zero-order chi connectivity index (χ0) is 10.0. The number of nitrogens with two attached hydrogens (primary N) is 1. The Morgan fingerprint density at radius 3 is 2.69 bits per heavy atom. The van der Waals surface area contributed by atoms with Crippen molar-refractivity contribution in [1.82, 2.24) is 14.8 Å². The van der Waals surface area contributed by atoms with Crippen LogP contribution in [0, 0.1) is 0 Å². The van der Waals surface area contributed by atoms with Crippen molar-refractivity contribution in [1.29, 1.82) is 0 Å². The summed E-state index contributed by atoms with van der Waals surface area (Å²) in [5.74, 6) is -0.976. The van der Waals surface area contributed by atoms with Gasteiger partial charge in [0.2, 0.25) is 5.82 Å². The highest BCUT2D eigenvalue weighted by Gasteiger charge is 2.16. The van der Waals surface area contributed by atoms with Crippen molar-refractivity contribution in [3.63, 3.8) is 0 Å². The number of aliphatic hydroxyl groups is 2. The molecule has 0 radical (unpaired) electrons. The van der Waals surface area contributed by atoms with Crippen LogP contribution in [0.4, 0.5) is 0 Å². The molecule has 0 fully saturated rings. The summed E-state index contributed by atoms with van der Waals surface area (Å²) >= 11 is 0. The minimum absolute atomic E-state index is 0.195. The van der Waals surface area contributed by atoms with Crippen LogP contribution in [-0.4, -0.2) is 37.0 Å². The van der Waals surface area contributed by atoms with Gasteiger partial charge in [-0.25, -0.2) is 9.67 Å². The standard InChI is InChI=1S/C6H10N4O3/c1-3(11)6(13)10-2-8-5(9-10)4(7)12/h2-3,6,11,13H,1H3,(H2,7,12)/t3?,6-/m0/s1. The van der Waals surface area contributed by atoms with Gasteiger partial charge in [0.15, 0.2) is 6.23 Å². The molecule has 1 amide bonds. The van der Waals surface area contributed by atoms with Gasteiger partial charge in [0.05, 0.1) is 6.10 Å². The third-order valence-electron chi connectivity index (χ3n) is 1.43. The molecule has 7 heteroatoms. The average molecular weight is 186 g/mol. The minimum Gasteiger partial charge on any atom is -0.389 e. The second-order valence-electron chi connectivity index (χ2n) is 2.57. The van der Waals surface area contributed by atoms with Crippen LogP contribution in [-0.2, 0) is 0 Å². The molecule has 0 aromatic carbocycles. The molecule has 1 aromatic rings. The first kappa shape index (κ1) is 9.62. The van der Waals surface area contributed by atoms with E-state index in [4.69, 9.17) is 10.8 Å². The van der Waals surface area contributed by atoms with E-state index in [1.54, 1.807) is 0 Å². The molecule has 4 N–H and O–H groups in total. The summed E-state index contributed by atoms with van der Waals surface area (Å²) < 4.78 is 0.963.